The van der Waals surface area contributed by atoms with E-state index in [2.05, 4.69) is 10.3 Å². The zero-order valence-electron chi connectivity index (χ0n) is 12.2. The maximum Gasteiger partial charge on any atom is 0.220 e. The Bertz CT molecular complexity index is 543. The molecule has 2 rings (SSSR count). The molecule has 0 fully saturated rings. The highest BCUT2D eigenvalue weighted by molar-refractivity contribution is 5.76. The summed E-state index contributed by atoms with van der Waals surface area (Å²) < 4.78 is 5.56. The number of hydrogen-bond donors (Lipinski definition) is 1. The lowest BCUT2D eigenvalue weighted by molar-refractivity contribution is -0.121. The van der Waals surface area contributed by atoms with Gasteiger partial charge in [0.2, 0.25) is 5.91 Å². The molecule has 1 aromatic heterocycles. The number of nitrogens with one attached hydrogen (secondary N) is 1. The Kier molecular flexibility index (Phi) is 5.76. The maximum atomic E-state index is 11.9. The quantitative estimate of drug-likeness (QED) is 0.795. The Hall–Kier alpha value is -2.36. The average molecular weight is 284 g/mol. The lowest BCUT2D eigenvalue weighted by atomic mass is 10.1. The molecule has 21 heavy (non-hydrogen) atoms. The molecule has 4 nitrogen and oxygen atoms in total. The first-order chi connectivity index (χ1) is 10.3. The van der Waals surface area contributed by atoms with Crippen molar-refractivity contribution in [3.05, 3.63) is 60.4 Å². The van der Waals surface area contributed by atoms with Gasteiger partial charge >= 0.3 is 0 Å². The number of nitrogens with zero attached hydrogens (tertiary/aromatic N) is 1. The molecule has 1 heterocycles. The van der Waals surface area contributed by atoms with Gasteiger partial charge in [-0.2, -0.15) is 0 Å². The summed E-state index contributed by atoms with van der Waals surface area (Å²) in [5, 5.41) is 2.97. The minimum absolute atomic E-state index is 0.00413. The van der Waals surface area contributed by atoms with E-state index in [0.717, 1.165) is 11.3 Å². The van der Waals surface area contributed by atoms with E-state index in [0.29, 0.717) is 19.4 Å². The third-order valence-corrected chi connectivity index (χ3v) is 3.14. The second-order valence-electron chi connectivity index (χ2n) is 4.83. The first-order valence-corrected chi connectivity index (χ1v) is 7.13. The van der Waals surface area contributed by atoms with Gasteiger partial charge in [0.25, 0.3) is 0 Å². The van der Waals surface area contributed by atoms with Gasteiger partial charge in [0, 0.05) is 18.8 Å². The Morgan fingerprint density at radius 3 is 2.62 bits per heavy atom. The van der Waals surface area contributed by atoms with Crippen molar-refractivity contribution in [2.45, 2.75) is 25.8 Å². The van der Waals surface area contributed by atoms with Gasteiger partial charge in [-0.15, -0.1) is 0 Å². The van der Waals surface area contributed by atoms with Crippen LogP contribution in [0.2, 0.25) is 0 Å². The van der Waals surface area contributed by atoms with Crippen LogP contribution in [0.15, 0.2) is 54.9 Å². The molecular weight excluding hydrogens is 264 g/mol. The number of pyridine rings is 1. The summed E-state index contributed by atoms with van der Waals surface area (Å²) in [6.45, 7) is 2.51. The number of amides is 1. The molecule has 0 spiro atoms. The molecule has 1 N–H and O–H groups in total. The van der Waals surface area contributed by atoms with Crippen molar-refractivity contribution >= 4 is 5.91 Å². The van der Waals surface area contributed by atoms with Gasteiger partial charge < -0.3 is 10.1 Å². The van der Waals surface area contributed by atoms with Crippen molar-refractivity contribution in [2.24, 2.45) is 0 Å². The summed E-state index contributed by atoms with van der Waals surface area (Å²) in [7, 11) is 0. The number of carbonyl (C=O) groups is 1. The first kappa shape index (κ1) is 15.0. The molecular formula is C17H20N2O2. The monoisotopic (exact) mass is 284 g/mol. The highest BCUT2D eigenvalue weighted by Crippen LogP contribution is 2.11. The van der Waals surface area contributed by atoms with Gasteiger partial charge in [-0.25, -0.2) is 0 Å². The van der Waals surface area contributed by atoms with Crippen LogP contribution in [-0.2, 0) is 4.79 Å². The van der Waals surface area contributed by atoms with Crippen molar-refractivity contribution < 1.29 is 9.53 Å². The summed E-state index contributed by atoms with van der Waals surface area (Å²) >= 11 is 0. The fourth-order valence-electron chi connectivity index (χ4n) is 1.99. The van der Waals surface area contributed by atoms with E-state index in [1.54, 1.807) is 12.4 Å². The first-order valence-electron chi connectivity index (χ1n) is 7.13. The molecule has 1 unspecified atom stereocenters. The minimum atomic E-state index is -0.00413. The molecule has 1 aromatic carbocycles. The highest BCUT2D eigenvalue weighted by atomic mass is 16.5. The standard InChI is InChI=1S/C17H20N2O2/c1-14(15-9-11-18-12-10-15)19-17(20)8-5-13-21-16-6-3-2-4-7-16/h2-4,6-7,9-12,14H,5,8,13H2,1H3,(H,19,20). The van der Waals surface area contributed by atoms with Crippen molar-refractivity contribution in [3.8, 4) is 5.75 Å². The molecule has 0 radical (unpaired) electrons. The summed E-state index contributed by atoms with van der Waals surface area (Å²) in [6, 6.07) is 13.4. The van der Waals surface area contributed by atoms with Crippen molar-refractivity contribution in [1.82, 2.24) is 10.3 Å². The Morgan fingerprint density at radius 1 is 1.19 bits per heavy atom. The molecule has 0 saturated heterocycles. The Morgan fingerprint density at radius 2 is 1.90 bits per heavy atom. The van der Waals surface area contributed by atoms with Gasteiger partial charge in [-0.1, -0.05) is 18.2 Å². The van der Waals surface area contributed by atoms with Crippen LogP contribution in [0.5, 0.6) is 5.75 Å². The van der Waals surface area contributed by atoms with Gasteiger partial charge in [0.15, 0.2) is 0 Å². The number of benzene rings is 1. The zero-order valence-corrected chi connectivity index (χ0v) is 12.2. The van der Waals surface area contributed by atoms with E-state index >= 15 is 0 Å². The van der Waals surface area contributed by atoms with E-state index in [1.807, 2.05) is 49.4 Å². The van der Waals surface area contributed by atoms with Crippen LogP contribution in [0.25, 0.3) is 0 Å². The molecule has 4 heteroatoms. The number of rotatable bonds is 7. The van der Waals surface area contributed by atoms with E-state index < -0.39 is 0 Å². The van der Waals surface area contributed by atoms with E-state index in [-0.39, 0.29) is 11.9 Å². The van der Waals surface area contributed by atoms with Gasteiger partial charge in [0.05, 0.1) is 12.6 Å². The summed E-state index contributed by atoms with van der Waals surface area (Å²) in [6.07, 6.45) is 4.61. The van der Waals surface area contributed by atoms with Crippen molar-refractivity contribution in [3.63, 3.8) is 0 Å². The van der Waals surface area contributed by atoms with Crippen LogP contribution in [0.4, 0.5) is 0 Å². The minimum Gasteiger partial charge on any atom is -0.494 e. The summed E-state index contributed by atoms with van der Waals surface area (Å²) in [5.74, 6) is 0.874. The third kappa shape index (κ3) is 5.26. The second-order valence-corrected chi connectivity index (χ2v) is 4.83. The average Bonchev–Trinajstić information content (AvgIpc) is 2.53. The van der Waals surface area contributed by atoms with Gasteiger partial charge in [-0.3, -0.25) is 9.78 Å². The fourth-order valence-corrected chi connectivity index (χ4v) is 1.99. The van der Waals surface area contributed by atoms with E-state index in [1.165, 1.54) is 0 Å². The SMILES string of the molecule is CC(NC(=O)CCCOc1ccccc1)c1ccncc1. The van der Waals surface area contributed by atoms with Crippen LogP contribution in [0.1, 0.15) is 31.4 Å². The lowest BCUT2D eigenvalue weighted by Crippen LogP contribution is -2.26. The number of para-hydroxylation sites is 1. The number of ether oxygens (including phenoxy) is 1. The predicted octanol–water partition coefficient (Wildman–Crippen LogP) is 3.12. The molecule has 1 amide bonds. The normalized spacial score (nSPS) is 11.7. The van der Waals surface area contributed by atoms with Gasteiger partial charge in [-0.05, 0) is 43.2 Å². The zero-order chi connectivity index (χ0) is 14.9. The van der Waals surface area contributed by atoms with E-state index in [4.69, 9.17) is 4.74 Å². The number of carbonyl (C=O) groups excluding carboxylic acids is 1. The smallest absolute Gasteiger partial charge is 0.220 e. The van der Waals surface area contributed by atoms with Crippen LogP contribution in [-0.4, -0.2) is 17.5 Å². The lowest BCUT2D eigenvalue weighted by Gasteiger charge is -2.14. The second kappa shape index (κ2) is 8.04. The van der Waals surface area contributed by atoms with Crippen LogP contribution >= 0.6 is 0 Å². The maximum absolute atomic E-state index is 11.9. The molecule has 0 aliphatic carbocycles. The molecule has 2 aromatic rings. The van der Waals surface area contributed by atoms with Crippen LogP contribution < -0.4 is 10.1 Å². The number of hydrogen-bond acceptors (Lipinski definition) is 3. The molecule has 0 aliphatic rings. The van der Waals surface area contributed by atoms with Gasteiger partial charge in [0.1, 0.15) is 5.75 Å². The van der Waals surface area contributed by atoms with Crippen molar-refractivity contribution in [2.75, 3.05) is 6.61 Å². The fraction of sp³-hybridized carbons (Fsp3) is 0.294. The largest absolute Gasteiger partial charge is 0.494 e. The van der Waals surface area contributed by atoms with Crippen LogP contribution in [0.3, 0.4) is 0 Å². The molecule has 1 atom stereocenters. The molecule has 0 bridgehead atoms. The van der Waals surface area contributed by atoms with Crippen LogP contribution in [0, 0.1) is 0 Å². The molecule has 0 aliphatic heterocycles. The summed E-state index contributed by atoms with van der Waals surface area (Å²) in [5.41, 5.74) is 1.05. The molecule has 0 saturated carbocycles. The van der Waals surface area contributed by atoms with Crippen molar-refractivity contribution in [1.29, 1.82) is 0 Å². The predicted molar refractivity (Wildman–Crippen MR) is 82.0 cm³/mol. The highest BCUT2D eigenvalue weighted by Gasteiger charge is 2.08. The topological polar surface area (TPSA) is 51.2 Å². The molecule has 110 valence electrons. The Labute approximate surface area is 125 Å². The third-order valence-electron chi connectivity index (χ3n) is 3.14. The number of aromatic nitrogens is 1. The summed E-state index contributed by atoms with van der Waals surface area (Å²) in [4.78, 5) is 15.8. The van der Waals surface area contributed by atoms with E-state index in [9.17, 15) is 4.79 Å². The Balaban J connectivity index is 1.66.